The molecule has 1 unspecified atom stereocenters. The molecule has 0 saturated heterocycles. The molecule has 0 aliphatic heterocycles. The first-order valence-corrected chi connectivity index (χ1v) is 7.13. The molecule has 0 radical (unpaired) electrons. The Labute approximate surface area is 125 Å². The quantitative estimate of drug-likeness (QED) is 0.754. The molecule has 0 spiro atoms. The average Bonchev–Trinajstić information content (AvgIpc) is 2.38. The van der Waals surface area contributed by atoms with Crippen LogP contribution in [0.1, 0.15) is 37.0 Å². The molecule has 5 nitrogen and oxygen atoms in total. The van der Waals surface area contributed by atoms with E-state index < -0.39 is 18.0 Å². The number of carboxylic acids is 1. The molecule has 0 aromatic heterocycles. The van der Waals surface area contributed by atoms with Crippen LogP contribution >= 0.6 is 0 Å². The number of carbonyl (C=O) groups is 2. The largest absolute Gasteiger partial charge is 0.480 e. The predicted molar refractivity (Wildman–Crippen MR) is 82.2 cm³/mol. The Balaban J connectivity index is 2.56. The number of hydrogen-bond donors (Lipinski definition) is 3. The molecule has 1 rings (SSSR count). The minimum atomic E-state index is -1.01. The zero-order chi connectivity index (χ0) is 16.0. The Morgan fingerprint density at radius 2 is 1.90 bits per heavy atom. The number of hydrogen-bond acceptors (Lipinski definition) is 2. The number of aliphatic carboxylic acids is 1. The van der Waals surface area contributed by atoms with Gasteiger partial charge in [0, 0.05) is 6.54 Å². The minimum Gasteiger partial charge on any atom is -0.480 e. The maximum Gasteiger partial charge on any atom is 0.326 e. The van der Waals surface area contributed by atoms with Crippen LogP contribution in [0, 0.1) is 19.8 Å². The molecule has 5 heteroatoms. The first-order chi connectivity index (χ1) is 9.79. The lowest BCUT2D eigenvalue weighted by Gasteiger charge is -2.17. The Morgan fingerprint density at radius 1 is 1.24 bits per heavy atom. The van der Waals surface area contributed by atoms with Crippen LogP contribution in [0.5, 0.6) is 0 Å². The third-order valence-electron chi connectivity index (χ3n) is 3.25. The van der Waals surface area contributed by atoms with Gasteiger partial charge in [-0.05, 0) is 37.3 Å². The highest BCUT2D eigenvalue weighted by Crippen LogP contribution is 2.10. The highest BCUT2D eigenvalue weighted by atomic mass is 16.4. The number of rotatable bonds is 6. The summed E-state index contributed by atoms with van der Waals surface area (Å²) < 4.78 is 0. The van der Waals surface area contributed by atoms with Gasteiger partial charge in [-0.3, -0.25) is 0 Å². The summed E-state index contributed by atoms with van der Waals surface area (Å²) >= 11 is 0. The highest BCUT2D eigenvalue weighted by molar-refractivity contribution is 5.82. The summed E-state index contributed by atoms with van der Waals surface area (Å²) in [5, 5.41) is 14.3. The summed E-state index contributed by atoms with van der Waals surface area (Å²) in [5.74, 6) is -0.809. The first-order valence-electron chi connectivity index (χ1n) is 7.13. The SMILES string of the molecule is Cc1ccc(C)c(CNC(=O)NC(CC(C)C)C(=O)O)c1. The number of amides is 2. The first kappa shape index (κ1) is 17.0. The van der Waals surface area contributed by atoms with E-state index in [0.717, 1.165) is 16.7 Å². The zero-order valence-electron chi connectivity index (χ0n) is 13.1. The highest BCUT2D eigenvalue weighted by Gasteiger charge is 2.20. The molecule has 0 bridgehead atoms. The standard InChI is InChI=1S/C16H24N2O3/c1-10(2)7-14(15(19)20)18-16(21)17-9-13-8-11(3)5-6-12(13)4/h5-6,8,10,14H,7,9H2,1-4H3,(H,19,20)(H2,17,18,21). The fourth-order valence-corrected chi connectivity index (χ4v) is 2.07. The summed E-state index contributed by atoms with van der Waals surface area (Å²) in [6, 6.07) is 4.72. The molecule has 0 saturated carbocycles. The minimum absolute atomic E-state index is 0.199. The van der Waals surface area contributed by atoms with Crippen molar-refractivity contribution < 1.29 is 14.7 Å². The summed E-state index contributed by atoms with van der Waals surface area (Å²) in [7, 11) is 0. The van der Waals surface area contributed by atoms with Crippen LogP contribution in [0.2, 0.25) is 0 Å². The molecule has 21 heavy (non-hydrogen) atoms. The smallest absolute Gasteiger partial charge is 0.326 e. The summed E-state index contributed by atoms with van der Waals surface area (Å²) in [4.78, 5) is 22.9. The molecule has 3 N–H and O–H groups in total. The zero-order valence-corrected chi connectivity index (χ0v) is 13.1. The third-order valence-corrected chi connectivity index (χ3v) is 3.25. The fraction of sp³-hybridized carbons (Fsp3) is 0.500. The van der Waals surface area contributed by atoms with Gasteiger partial charge in [0.1, 0.15) is 6.04 Å². The van der Waals surface area contributed by atoms with E-state index in [9.17, 15) is 9.59 Å². The van der Waals surface area contributed by atoms with Gasteiger partial charge in [0.2, 0.25) is 0 Å². The maximum absolute atomic E-state index is 11.8. The van der Waals surface area contributed by atoms with Gasteiger partial charge in [-0.15, -0.1) is 0 Å². The topological polar surface area (TPSA) is 78.4 Å². The number of carbonyl (C=O) groups excluding carboxylic acids is 1. The predicted octanol–water partition coefficient (Wildman–Crippen LogP) is 2.60. The molecule has 1 aromatic carbocycles. The molecule has 0 heterocycles. The van der Waals surface area contributed by atoms with Crippen LogP contribution in [0.4, 0.5) is 4.79 Å². The number of benzene rings is 1. The lowest BCUT2D eigenvalue weighted by molar-refractivity contribution is -0.139. The molecular formula is C16H24N2O3. The monoisotopic (exact) mass is 292 g/mol. The average molecular weight is 292 g/mol. The second-order valence-electron chi connectivity index (χ2n) is 5.78. The van der Waals surface area contributed by atoms with Crippen molar-refractivity contribution in [2.45, 2.75) is 46.7 Å². The van der Waals surface area contributed by atoms with Crippen molar-refractivity contribution in [3.63, 3.8) is 0 Å². The van der Waals surface area contributed by atoms with Crippen molar-refractivity contribution in [1.29, 1.82) is 0 Å². The molecule has 0 aliphatic rings. The molecule has 1 atom stereocenters. The Bertz CT molecular complexity index is 512. The van der Waals surface area contributed by atoms with Crippen molar-refractivity contribution in [3.05, 3.63) is 34.9 Å². The summed E-state index contributed by atoms with van der Waals surface area (Å²) in [6.45, 7) is 8.20. The number of nitrogens with one attached hydrogen (secondary N) is 2. The van der Waals surface area contributed by atoms with Gasteiger partial charge in [0.25, 0.3) is 0 Å². The summed E-state index contributed by atoms with van der Waals surface area (Å²) in [6.07, 6.45) is 0.409. The second kappa shape index (κ2) is 7.67. The van der Waals surface area contributed by atoms with E-state index in [2.05, 4.69) is 10.6 Å². The Hall–Kier alpha value is -2.04. The van der Waals surface area contributed by atoms with Gasteiger partial charge < -0.3 is 15.7 Å². The molecule has 2 amide bonds. The van der Waals surface area contributed by atoms with Gasteiger partial charge in [-0.1, -0.05) is 37.6 Å². The van der Waals surface area contributed by atoms with E-state index in [-0.39, 0.29) is 5.92 Å². The van der Waals surface area contributed by atoms with E-state index >= 15 is 0 Å². The van der Waals surface area contributed by atoms with E-state index in [1.54, 1.807) is 0 Å². The van der Waals surface area contributed by atoms with E-state index in [4.69, 9.17) is 5.11 Å². The van der Waals surface area contributed by atoms with Gasteiger partial charge >= 0.3 is 12.0 Å². The number of carboxylic acid groups (broad SMARTS) is 1. The second-order valence-corrected chi connectivity index (χ2v) is 5.78. The molecule has 0 fully saturated rings. The molecule has 1 aromatic rings. The van der Waals surface area contributed by atoms with Crippen LogP contribution in [0.15, 0.2) is 18.2 Å². The normalized spacial score (nSPS) is 12.0. The fourth-order valence-electron chi connectivity index (χ4n) is 2.07. The molecule has 116 valence electrons. The lowest BCUT2D eigenvalue weighted by Crippen LogP contribution is -2.46. The van der Waals surface area contributed by atoms with Gasteiger partial charge in [-0.25, -0.2) is 9.59 Å². The van der Waals surface area contributed by atoms with Crippen LogP contribution in [-0.2, 0) is 11.3 Å². The molecular weight excluding hydrogens is 268 g/mol. The Morgan fingerprint density at radius 3 is 2.48 bits per heavy atom. The van der Waals surface area contributed by atoms with Crippen molar-refractivity contribution >= 4 is 12.0 Å². The number of urea groups is 1. The van der Waals surface area contributed by atoms with Gasteiger partial charge in [0.15, 0.2) is 0 Å². The lowest BCUT2D eigenvalue weighted by atomic mass is 10.0. The number of aryl methyl sites for hydroxylation is 2. The van der Waals surface area contributed by atoms with Crippen molar-refractivity contribution in [3.8, 4) is 0 Å². The summed E-state index contributed by atoms with van der Waals surface area (Å²) in [5.41, 5.74) is 3.25. The maximum atomic E-state index is 11.8. The van der Waals surface area contributed by atoms with Crippen molar-refractivity contribution in [1.82, 2.24) is 10.6 Å². The third kappa shape index (κ3) is 5.85. The van der Waals surface area contributed by atoms with Gasteiger partial charge in [-0.2, -0.15) is 0 Å². The Kier molecular flexibility index (Phi) is 6.21. The van der Waals surface area contributed by atoms with E-state index in [1.165, 1.54) is 0 Å². The van der Waals surface area contributed by atoms with E-state index in [0.29, 0.717) is 13.0 Å². The van der Waals surface area contributed by atoms with Crippen LogP contribution in [0.3, 0.4) is 0 Å². The van der Waals surface area contributed by atoms with Crippen LogP contribution < -0.4 is 10.6 Å². The van der Waals surface area contributed by atoms with Crippen molar-refractivity contribution in [2.75, 3.05) is 0 Å². The van der Waals surface area contributed by atoms with Crippen molar-refractivity contribution in [2.24, 2.45) is 5.92 Å². The van der Waals surface area contributed by atoms with Crippen LogP contribution in [0.25, 0.3) is 0 Å². The molecule has 0 aliphatic carbocycles. The van der Waals surface area contributed by atoms with Crippen LogP contribution in [-0.4, -0.2) is 23.1 Å². The van der Waals surface area contributed by atoms with E-state index in [1.807, 2.05) is 45.9 Å². The van der Waals surface area contributed by atoms with Gasteiger partial charge in [0.05, 0.1) is 0 Å².